The third-order valence-corrected chi connectivity index (χ3v) is 5.26. The van der Waals surface area contributed by atoms with Gasteiger partial charge in [-0.25, -0.2) is 4.68 Å². The van der Waals surface area contributed by atoms with Gasteiger partial charge in [0.1, 0.15) is 6.33 Å². The summed E-state index contributed by atoms with van der Waals surface area (Å²) in [4.78, 5) is 15.3. The van der Waals surface area contributed by atoms with Crippen molar-refractivity contribution < 1.29 is 9.53 Å². The number of nitrogens with one attached hydrogen (secondary N) is 1. The van der Waals surface area contributed by atoms with Crippen LogP contribution in [0.4, 0.5) is 5.69 Å². The van der Waals surface area contributed by atoms with E-state index in [2.05, 4.69) is 25.7 Å². The molecular weight excluding hydrogens is 332 g/mol. The molecule has 1 aromatic carbocycles. The van der Waals surface area contributed by atoms with Gasteiger partial charge < -0.3 is 10.1 Å². The molecule has 138 valence electrons. The van der Waals surface area contributed by atoms with E-state index in [0.717, 1.165) is 63.4 Å². The van der Waals surface area contributed by atoms with Gasteiger partial charge >= 0.3 is 0 Å². The fourth-order valence-electron chi connectivity index (χ4n) is 3.85. The van der Waals surface area contributed by atoms with Crippen LogP contribution in [-0.4, -0.2) is 63.4 Å². The number of likely N-dealkylation sites (tertiary alicyclic amines) is 1. The summed E-state index contributed by atoms with van der Waals surface area (Å²) in [5.41, 5.74) is 1.59. The molecule has 2 saturated heterocycles. The van der Waals surface area contributed by atoms with E-state index in [4.69, 9.17) is 4.74 Å². The number of ether oxygens (including phenoxy) is 1. The van der Waals surface area contributed by atoms with Gasteiger partial charge in [-0.3, -0.25) is 9.69 Å². The van der Waals surface area contributed by atoms with E-state index in [-0.39, 0.29) is 11.8 Å². The predicted octanol–water partition coefficient (Wildman–Crippen LogP) is 1.49. The van der Waals surface area contributed by atoms with Crippen LogP contribution in [0.25, 0.3) is 5.69 Å². The second kappa shape index (κ2) is 7.92. The van der Waals surface area contributed by atoms with E-state index in [9.17, 15) is 4.79 Å². The Hall–Kier alpha value is -2.32. The van der Waals surface area contributed by atoms with Crippen molar-refractivity contribution in [2.24, 2.45) is 5.92 Å². The summed E-state index contributed by atoms with van der Waals surface area (Å²) in [6, 6.07) is 8.13. The maximum absolute atomic E-state index is 12.8. The number of hydrogen-bond donors (Lipinski definition) is 1. The van der Waals surface area contributed by atoms with Crippen molar-refractivity contribution in [1.29, 1.82) is 0 Å². The number of benzene rings is 1. The average molecular weight is 356 g/mol. The van der Waals surface area contributed by atoms with Gasteiger partial charge in [0, 0.05) is 31.5 Å². The Morgan fingerprint density at radius 2 is 2.12 bits per heavy atom. The Labute approximate surface area is 152 Å². The van der Waals surface area contributed by atoms with Crippen LogP contribution in [0.2, 0.25) is 0 Å². The zero-order valence-corrected chi connectivity index (χ0v) is 14.8. The SMILES string of the molecule is O=C(Nc1cccc(-n2cnnn2)c1)C1CCCN(C2CCOCC2)C1. The van der Waals surface area contributed by atoms with Crippen LogP contribution in [0.1, 0.15) is 25.7 Å². The third kappa shape index (κ3) is 3.91. The zero-order chi connectivity index (χ0) is 17.8. The van der Waals surface area contributed by atoms with Crippen molar-refractivity contribution in [3.8, 4) is 5.69 Å². The molecule has 1 aromatic heterocycles. The van der Waals surface area contributed by atoms with E-state index in [1.807, 2.05) is 24.3 Å². The molecule has 2 aliphatic rings. The lowest BCUT2D eigenvalue weighted by molar-refractivity contribution is -0.122. The minimum Gasteiger partial charge on any atom is -0.381 e. The summed E-state index contributed by atoms with van der Waals surface area (Å²) in [7, 11) is 0. The molecule has 2 aliphatic heterocycles. The molecule has 0 saturated carbocycles. The number of nitrogens with zero attached hydrogens (tertiary/aromatic N) is 5. The third-order valence-electron chi connectivity index (χ3n) is 5.26. The molecule has 0 aliphatic carbocycles. The summed E-state index contributed by atoms with van der Waals surface area (Å²) in [6.45, 7) is 3.59. The molecule has 2 fully saturated rings. The molecular formula is C18H24N6O2. The van der Waals surface area contributed by atoms with Crippen LogP contribution in [0, 0.1) is 5.92 Å². The highest BCUT2D eigenvalue weighted by Crippen LogP contribution is 2.24. The van der Waals surface area contributed by atoms with Gasteiger partial charge in [-0.1, -0.05) is 6.07 Å². The Balaban J connectivity index is 1.39. The minimum atomic E-state index is 0.0308. The van der Waals surface area contributed by atoms with E-state index in [1.165, 1.54) is 6.33 Å². The Morgan fingerprint density at radius 3 is 2.92 bits per heavy atom. The van der Waals surface area contributed by atoms with E-state index in [0.29, 0.717) is 6.04 Å². The van der Waals surface area contributed by atoms with Gasteiger partial charge in [0.05, 0.1) is 11.6 Å². The zero-order valence-electron chi connectivity index (χ0n) is 14.8. The van der Waals surface area contributed by atoms with Crippen molar-refractivity contribution in [3.05, 3.63) is 30.6 Å². The molecule has 4 rings (SSSR count). The monoisotopic (exact) mass is 356 g/mol. The molecule has 0 radical (unpaired) electrons. The van der Waals surface area contributed by atoms with E-state index >= 15 is 0 Å². The van der Waals surface area contributed by atoms with Crippen molar-refractivity contribution in [2.75, 3.05) is 31.6 Å². The normalized spacial score (nSPS) is 22.2. The molecule has 1 unspecified atom stereocenters. The highest BCUT2D eigenvalue weighted by atomic mass is 16.5. The maximum Gasteiger partial charge on any atom is 0.228 e. The highest BCUT2D eigenvalue weighted by Gasteiger charge is 2.30. The fourth-order valence-corrected chi connectivity index (χ4v) is 3.85. The first-order chi connectivity index (χ1) is 12.8. The first kappa shape index (κ1) is 17.1. The number of tetrazole rings is 1. The molecule has 2 aromatic rings. The van der Waals surface area contributed by atoms with Crippen molar-refractivity contribution >= 4 is 11.6 Å². The lowest BCUT2D eigenvalue weighted by Gasteiger charge is -2.39. The molecule has 3 heterocycles. The summed E-state index contributed by atoms with van der Waals surface area (Å²) in [5.74, 6) is 0.124. The standard InChI is InChI=1S/C18H24N6O2/c25-18(14-3-2-8-23(12-14)16-6-9-26-10-7-16)20-15-4-1-5-17(11-15)24-13-19-21-22-24/h1,4-5,11,13-14,16H,2-3,6-10,12H2,(H,20,25). The van der Waals surface area contributed by atoms with Gasteiger partial charge in [-0.05, 0) is 60.9 Å². The fraction of sp³-hybridized carbons (Fsp3) is 0.556. The number of piperidine rings is 1. The largest absolute Gasteiger partial charge is 0.381 e. The van der Waals surface area contributed by atoms with Crippen LogP contribution < -0.4 is 5.32 Å². The number of rotatable bonds is 4. The number of carbonyl (C=O) groups excluding carboxylic acids is 1. The smallest absolute Gasteiger partial charge is 0.228 e. The lowest BCUT2D eigenvalue weighted by atomic mass is 9.94. The van der Waals surface area contributed by atoms with Gasteiger partial charge in [0.25, 0.3) is 0 Å². The number of aromatic nitrogens is 4. The molecule has 0 bridgehead atoms. The topological polar surface area (TPSA) is 85.2 Å². The van der Waals surface area contributed by atoms with Crippen molar-refractivity contribution in [2.45, 2.75) is 31.7 Å². The number of hydrogen-bond acceptors (Lipinski definition) is 6. The van der Waals surface area contributed by atoms with Gasteiger partial charge in [0.15, 0.2) is 0 Å². The van der Waals surface area contributed by atoms with E-state index in [1.54, 1.807) is 4.68 Å². The Kier molecular flexibility index (Phi) is 5.21. The predicted molar refractivity (Wildman–Crippen MR) is 95.9 cm³/mol. The number of anilines is 1. The highest BCUT2D eigenvalue weighted by molar-refractivity contribution is 5.93. The van der Waals surface area contributed by atoms with Crippen LogP contribution >= 0.6 is 0 Å². The second-order valence-corrected chi connectivity index (χ2v) is 6.97. The van der Waals surface area contributed by atoms with Gasteiger partial charge in [0.2, 0.25) is 5.91 Å². The molecule has 1 N–H and O–H groups in total. The number of carbonyl (C=O) groups is 1. The summed E-state index contributed by atoms with van der Waals surface area (Å²) >= 11 is 0. The first-order valence-electron chi connectivity index (χ1n) is 9.26. The number of amides is 1. The first-order valence-corrected chi connectivity index (χ1v) is 9.26. The van der Waals surface area contributed by atoms with E-state index < -0.39 is 0 Å². The van der Waals surface area contributed by atoms with Crippen LogP contribution in [0.3, 0.4) is 0 Å². The Morgan fingerprint density at radius 1 is 1.23 bits per heavy atom. The quantitative estimate of drug-likeness (QED) is 0.893. The van der Waals surface area contributed by atoms with Gasteiger partial charge in [-0.2, -0.15) is 0 Å². The molecule has 1 amide bonds. The van der Waals surface area contributed by atoms with Crippen molar-refractivity contribution in [3.63, 3.8) is 0 Å². The molecule has 0 spiro atoms. The molecule has 1 atom stereocenters. The summed E-state index contributed by atoms with van der Waals surface area (Å²) in [6.07, 6.45) is 5.69. The minimum absolute atomic E-state index is 0.0308. The van der Waals surface area contributed by atoms with Crippen LogP contribution in [0.15, 0.2) is 30.6 Å². The van der Waals surface area contributed by atoms with Crippen LogP contribution in [0.5, 0.6) is 0 Å². The summed E-state index contributed by atoms with van der Waals surface area (Å²) in [5, 5.41) is 14.2. The molecule has 8 nitrogen and oxygen atoms in total. The molecule has 26 heavy (non-hydrogen) atoms. The maximum atomic E-state index is 12.8. The Bertz CT molecular complexity index is 729. The molecule has 8 heteroatoms. The van der Waals surface area contributed by atoms with Crippen molar-refractivity contribution in [1.82, 2.24) is 25.1 Å². The summed E-state index contributed by atoms with van der Waals surface area (Å²) < 4.78 is 7.04. The average Bonchev–Trinajstić information content (AvgIpc) is 3.24. The lowest BCUT2D eigenvalue weighted by Crippen LogP contribution is -2.47. The van der Waals surface area contributed by atoms with Gasteiger partial charge in [-0.15, -0.1) is 5.10 Å². The van der Waals surface area contributed by atoms with Crippen LogP contribution in [-0.2, 0) is 9.53 Å². The second-order valence-electron chi connectivity index (χ2n) is 6.97.